The normalized spacial score (nSPS) is 18.8. The van der Waals surface area contributed by atoms with Gasteiger partial charge in [-0.15, -0.1) is 0 Å². The van der Waals surface area contributed by atoms with Gasteiger partial charge in [-0.25, -0.2) is 0 Å². The molecule has 0 aromatic carbocycles. The number of aliphatic hydroxyl groups excluding tert-OH is 1. The Morgan fingerprint density at radius 1 is 1.31 bits per heavy atom. The average molecular weight is 220 g/mol. The van der Waals surface area contributed by atoms with Crippen LogP contribution in [0.5, 0.6) is 0 Å². The number of rotatable bonds is 5. The van der Waals surface area contributed by atoms with Crippen LogP contribution in [0, 0.1) is 5.92 Å². The number of pyridine rings is 1. The van der Waals surface area contributed by atoms with Crippen LogP contribution in [0.1, 0.15) is 31.2 Å². The van der Waals surface area contributed by atoms with Gasteiger partial charge >= 0.3 is 0 Å². The van der Waals surface area contributed by atoms with Crippen molar-refractivity contribution in [2.75, 3.05) is 6.54 Å². The van der Waals surface area contributed by atoms with E-state index in [-0.39, 0.29) is 6.10 Å². The van der Waals surface area contributed by atoms with Gasteiger partial charge in [0.25, 0.3) is 0 Å². The molecule has 88 valence electrons. The molecule has 1 saturated carbocycles. The molecule has 1 atom stereocenters. The van der Waals surface area contributed by atoms with Crippen molar-refractivity contribution in [2.45, 2.75) is 38.3 Å². The zero-order chi connectivity index (χ0) is 11.2. The minimum atomic E-state index is -0.177. The van der Waals surface area contributed by atoms with Gasteiger partial charge in [-0.05, 0) is 36.5 Å². The fourth-order valence-corrected chi connectivity index (χ4v) is 2.37. The molecule has 16 heavy (non-hydrogen) atoms. The lowest BCUT2D eigenvalue weighted by atomic mass is 10.0. The van der Waals surface area contributed by atoms with Gasteiger partial charge in [-0.1, -0.05) is 12.8 Å². The molecule has 1 aromatic rings. The molecule has 0 amide bonds. The third kappa shape index (κ3) is 3.29. The summed E-state index contributed by atoms with van der Waals surface area (Å²) in [6, 6.07) is 3.99. The van der Waals surface area contributed by atoms with Crippen LogP contribution in [-0.4, -0.2) is 22.7 Å². The van der Waals surface area contributed by atoms with E-state index in [4.69, 9.17) is 0 Å². The van der Waals surface area contributed by atoms with Gasteiger partial charge in [-0.3, -0.25) is 4.98 Å². The second kappa shape index (κ2) is 5.97. The molecule has 3 heteroatoms. The van der Waals surface area contributed by atoms with Crippen LogP contribution in [0.15, 0.2) is 24.5 Å². The number of hydrogen-bond donors (Lipinski definition) is 2. The summed E-state index contributed by atoms with van der Waals surface area (Å²) in [6.45, 7) is 1.51. The van der Waals surface area contributed by atoms with Crippen molar-refractivity contribution in [2.24, 2.45) is 5.92 Å². The molecule has 2 N–H and O–H groups in total. The number of nitrogens with zero attached hydrogens (tertiary/aromatic N) is 1. The molecule has 0 aliphatic heterocycles. The lowest BCUT2D eigenvalue weighted by Gasteiger charge is -2.18. The maximum absolute atomic E-state index is 9.95. The summed E-state index contributed by atoms with van der Waals surface area (Å²) in [6.07, 6.45) is 8.37. The van der Waals surface area contributed by atoms with E-state index in [1.54, 1.807) is 12.4 Å². The van der Waals surface area contributed by atoms with Crippen molar-refractivity contribution in [3.05, 3.63) is 30.1 Å². The zero-order valence-corrected chi connectivity index (χ0v) is 9.60. The van der Waals surface area contributed by atoms with E-state index in [1.165, 1.54) is 31.2 Å². The Labute approximate surface area is 96.9 Å². The van der Waals surface area contributed by atoms with Crippen molar-refractivity contribution in [3.63, 3.8) is 0 Å². The van der Waals surface area contributed by atoms with Crippen LogP contribution < -0.4 is 5.32 Å². The SMILES string of the molecule is OC(CNCc1ccncc1)C1CCCC1. The second-order valence-corrected chi connectivity index (χ2v) is 4.60. The topological polar surface area (TPSA) is 45.1 Å². The van der Waals surface area contributed by atoms with Crippen LogP contribution in [0.4, 0.5) is 0 Å². The first kappa shape index (κ1) is 11.6. The van der Waals surface area contributed by atoms with E-state index in [9.17, 15) is 5.11 Å². The highest BCUT2D eigenvalue weighted by Gasteiger charge is 2.22. The summed E-state index contributed by atoms with van der Waals surface area (Å²) in [4.78, 5) is 3.97. The molecule has 0 spiro atoms. The van der Waals surface area contributed by atoms with Crippen molar-refractivity contribution >= 4 is 0 Å². The zero-order valence-electron chi connectivity index (χ0n) is 9.60. The van der Waals surface area contributed by atoms with Crippen molar-refractivity contribution in [1.29, 1.82) is 0 Å². The lowest BCUT2D eigenvalue weighted by molar-refractivity contribution is 0.109. The Kier molecular flexibility index (Phi) is 4.31. The molecule has 1 aliphatic rings. The fourth-order valence-electron chi connectivity index (χ4n) is 2.37. The lowest BCUT2D eigenvalue weighted by Crippen LogP contribution is -2.31. The van der Waals surface area contributed by atoms with E-state index in [0.29, 0.717) is 12.5 Å². The highest BCUT2D eigenvalue weighted by Crippen LogP contribution is 2.27. The van der Waals surface area contributed by atoms with Gasteiger partial charge in [-0.2, -0.15) is 0 Å². The highest BCUT2D eigenvalue weighted by molar-refractivity contribution is 5.08. The van der Waals surface area contributed by atoms with Crippen LogP contribution in [-0.2, 0) is 6.54 Å². The Morgan fingerprint density at radius 3 is 2.69 bits per heavy atom. The largest absolute Gasteiger partial charge is 0.392 e. The minimum absolute atomic E-state index is 0.177. The molecule has 0 radical (unpaired) electrons. The average Bonchev–Trinajstić information content (AvgIpc) is 2.84. The number of hydrogen-bond acceptors (Lipinski definition) is 3. The summed E-state index contributed by atoms with van der Waals surface area (Å²) >= 11 is 0. The Bertz CT molecular complexity index is 296. The van der Waals surface area contributed by atoms with Gasteiger partial charge in [0.2, 0.25) is 0 Å². The van der Waals surface area contributed by atoms with E-state index in [1.807, 2.05) is 12.1 Å². The number of aromatic nitrogens is 1. The molecule has 0 bridgehead atoms. The molecule has 1 heterocycles. The standard InChI is InChI=1S/C13H20N2O/c16-13(12-3-1-2-4-12)10-15-9-11-5-7-14-8-6-11/h5-8,12-13,15-16H,1-4,9-10H2. The van der Waals surface area contributed by atoms with E-state index < -0.39 is 0 Å². The summed E-state index contributed by atoms with van der Waals surface area (Å²) in [5, 5.41) is 13.3. The summed E-state index contributed by atoms with van der Waals surface area (Å²) in [5.41, 5.74) is 1.22. The third-order valence-electron chi connectivity index (χ3n) is 3.38. The Hall–Kier alpha value is -0.930. The molecule has 1 fully saturated rings. The van der Waals surface area contributed by atoms with E-state index in [0.717, 1.165) is 6.54 Å². The van der Waals surface area contributed by atoms with E-state index >= 15 is 0 Å². The smallest absolute Gasteiger partial charge is 0.0692 e. The van der Waals surface area contributed by atoms with Crippen molar-refractivity contribution in [1.82, 2.24) is 10.3 Å². The summed E-state index contributed by atoms with van der Waals surface area (Å²) < 4.78 is 0. The predicted molar refractivity (Wildman–Crippen MR) is 63.9 cm³/mol. The first-order chi connectivity index (χ1) is 7.86. The first-order valence-corrected chi connectivity index (χ1v) is 6.14. The number of nitrogens with one attached hydrogen (secondary N) is 1. The molecule has 2 rings (SSSR count). The molecule has 3 nitrogen and oxygen atoms in total. The van der Waals surface area contributed by atoms with Crippen LogP contribution in [0.2, 0.25) is 0 Å². The molecule has 1 unspecified atom stereocenters. The van der Waals surface area contributed by atoms with Crippen LogP contribution >= 0.6 is 0 Å². The van der Waals surface area contributed by atoms with Crippen LogP contribution in [0.25, 0.3) is 0 Å². The van der Waals surface area contributed by atoms with Gasteiger partial charge in [0.05, 0.1) is 6.10 Å². The van der Waals surface area contributed by atoms with Gasteiger partial charge in [0, 0.05) is 25.5 Å². The molecular formula is C13H20N2O. The Morgan fingerprint density at radius 2 is 2.00 bits per heavy atom. The first-order valence-electron chi connectivity index (χ1n) is 6.14. The monoisotopic (exact) mass is 220 g/mol. The van der Waals surface area contributed by atoms with Crippen molar-refractivity contribution in [3.8, 4) is 0 Å². The van der Waals surface area contributed by atoms with Crippen molar-refractivity contribution < 1.29 is 5.11 Å². The van der Waals surface area contributed by atoms with Gasteiger partial charge in [0.1, 0.15) is 0 Å². The summed E-state index contributed by atoms with van der Waals surface area (Å²) in [5.74, 6) is 0.518. The van der Waals surface area contributed by atoms with Gasteiger partial charge < -0.3 is 10.4 Å². The molecule has 1 aromatic heterocycles. The van der Waals surface area contributed by atoms with Gasteiger partial charge in [0.15, 0.2) is 0 Å². The molecule has 0 saturated heterocycles. The summed E-state index contributed by atoms with van der Waals surface area (Å²) in [7, 11) is 0. The number of aliphatic hydroxyl groups is 1. The Balaban J connectivity index is 1.67. The third-order valence-corrected chi connectivity index (χ3v) is 3.38. The fraction of sp³-hybridized carbons (Fsp3) is 0.615. The predicted octanol–water partition coefficient (Wildman–Crippen LogP) is 1.72. The maximum Gasteiger partial charge on any atom is 0.0692 e. The highest BCUT2D eigenvalue weighted by atomic mass is 16.3. The second-order valence-electron chi connectivity index (χ2n) is 4.60. The molecule has 1 aliphatic carbocycles. The minimum Gasteiger partial charge on any atom is -0.392 e. The van der Waals surface area contributed by atoms with E-state index in [2.05, 4.69) is 10.3 Å². The quantitative estimate of drug-likeness (QED) is 0.794. The molecular weight excluding hydrogens is 200 g/mol. The van der Waals surface area contributed by atoms with Crippen LogP contribution in [0.3, 0.4) is 0 Å². The maximum atomic E-state index is 9.95.